The number of esters is 1. The SMILES string of the molecule is CCOC(=O)c1c[nH]c2c(Br)ccc(C(F)(F)F)c2c1=O. The first kappa shape index (κ1) is 15.6. The number of pyridine rings is 1. The fraction of sp³-hybridized carbons (Fsp3) is 0.231. The highest BCUT2D eigenvalue weighted by Crippen LogP contribution is 2.35. The van der Waals surface area contributed by atoms with Crippen LogP contribution < -0.4 is 5.43 Å². The first-order valence-electron chi connectivity index (χ1n) is 5.85. The molecule has 0 saturated carbocycles. The van der Waals surface area contributed by atoms with E-state index in [1.54, 1.807) is 0 Å². The molecule has 0 bridgehead atoms. The number of alkyl halides is 3. The number of fused-ring (bicyclic) bond motifs is 1. The van der Waals surface area contributed by atoms with E-state index < -0.39 is 34.1 Å². The molecular formula is C13H9BrF3NO3. The van der Waals surface area contributed by atoms with Gasteiger partial charge in [0.1, 0.15) is 5.56 Å². The van der Waals surface area contributed by atoms with Gasteiger partial charge >= 0.3 is 12.1 Å². The first-order valence-corrected chi connectivity index (χ1v) is 6.65. The lowest BCUT2D eigenvalue weighted by molar-refractivity contribution is -0.136. The normalized spacial score (nSPS) is 11.7. The molecule has 1 aromatic carbocycles. The van der Waals surface area contributed by atoms with Crippen LogP contribution in [0.1, 0.15) is 22.8 Å². The van der Waals surface area contributed by atoms with Gasteiger partial charge in [-0.1, -0.05) is 0 Å². The van der Waals surface area contributed by atoms with Crippen LogP contribution in [0.4, 0.5) is 13.2 Å². The zero-order valence-corrected chi connectivity index (χ0v) is 12.3. The van der Waals surface area contributed by atoms with Crippen LogP contribution in [0.15, 0.2) is 27.6 Å². The van der Waals surface area contributed by atoms with E-state index in [0.29, 0.717) is 0 Å². The molecular weight excluding hydrogens is 355 g/mol. The molecule has 2 rings (SSSR count). The van der Waals surface area contributed by atoms with Crippen LogP contribution in [-0.2, 0) is 10.9 Å². The molecule has 0 aliphatic rings. The molecule has 21 heavy (non-hydrogen) atoms. The predicted octanol–water partition coefficient (Wildman–Crippen LogP) is 3.49. The Morgan fingerprint density at radius 3 is 2.62 bits per heavy atom. The minimum Gasteiger partial charge on any atom is -0.462 e. The number of aromatic nitrogens is 1. The van der Waals surface area contributed by atoms with Gasteiger partial charge in [0.25, 0.3) is 0 Å². The Kier molecular flexibility index (Phi) is 4.08. The monoisotopic (exact) mass is 363 g/mol. The highest BCUT2D eigenvalue weighted by Gasteiger charge is 2.34. The number of carbonyl (C=O) groups excluding carboxylic acids is 1. The number of ether oxygens (including phenoxy) is 1. The third kappa shape index (κ3) is 2.80. The molecule has 1 N–H and O–H groups in total. The maximum atomic E-state index is 13.0. The van der Waals surface area contributed by atoms with Crippen LogP contribution in [0.25, 0.3) is 10.9 Å². The van der Waals surface area contributed by atoms with Crippen molar-refractivity contribution in [3.8, 4) is 0 Å². The van der Waals surface area contributed by atoms with Gasteiger partial charge < -0.3 is 9.72 Å². The van der Waals surface area contributed by atoms with Gasteiger partial charge in [-0.05, 0) is 35.0 Å². The number of nitrogens with one attached hydrogen (secondary N) is 1. The van der Waals surface area contributed by atoms with Crippen molar-refractivity contribution < 1.29 is 22.7 Å². The number of hydrogen-bond acceptors (Lipinski definition) is 3. The number of aromatic amines is 1. The van der Waals surface area contributed by atoms with E-state index in [1.807, 2.05) is 0 Å². The second-order valence-electron chi connectivity index (χ2n) is 4.09. The van der Waals surface area contributed by atoms with Crippen LogP contribution >= 0.6 is 15.9 Å². The highest BCUT2D eigenvalue weighted by atomic mass is 79.9. The van der Waals surface area contributed by atoms with E-state index in [-0.39, 0.29) is 16.6 Å². The lowest BCUT2D eigenvalue weighted by Gasteiger charge is -2.12. The fourth-order valence-corrected chi connectivity index (χ4v) is 2.34. The summed E-state index contributed by atoms with van der Waals surface area (Å²) in [4.78, 5) is 26.4. The molecule has 2 aromatic rings. The average Bonchev–Trinajstić information content (AvgIpc) is 2.38. The van der Waals surface area contributed by atoms with Crippen molar-refractivity contribution in [2.24, 2.45) is 0 Å². The molecule has 0 atom stereocenters. The van der Waals surface area contributed by atoms with Crippen molar-refractivity contribution >= 4 is 32.8 Å². The van der Waals surface area contributed by atoms with E-state index in [1.165, 1.54) is 13.0 Å². The molecule has 112 valence electrons. The highest BCUT2D eigenvalue weighted by molar-refractivity contribution is 9.10. The largest absolute Gasteiger partial charge is 0.462 e. The van der Waals surface area contributed by atoms with E-state index >= 15 is 0 Å². The van der Waals surface area contributed by atoms with Crippen LogP contribution in [0.5, 0.6) is 0 Å². The number of carbonyl (C=O) groups is 1. The molecule has 8 heteroatoms. The van der Waals surface area contributed by atoms with Crippen LogP contribution in [-0.4, -0.2) is 17.6 Å². The maximum Gasteiger partial charge on any atom is 0.417 e. The summed E-state index contributed by atoms with van der Waals surface area (Å²) >= 11 is 3.07. The molecule has 0 amide bonds. The smallest absolute Gasteiger partial charge is 0.417 e. The number of hydrogen-bond donors (Lipinski definition) is 1. The number of rotatable bonds is 2. The van der Waals surface area contributed by atoms with Crippen molar-refractivity contribution in [3.63, 3.8) is 0 Å². The molecule has 0 aliphatic carbocycles. The van der Waals surface area contributed by atoms with E-state index in [0.717, 1.165) is 12.3 Å². The Hall–Kier alpha value is -1.83. The fourth-order valence-electron chi connectivity index (χ4n) is 1.90. The van der Waals surface area contributed by atoms with Crippen LogP contribution in [0.2, 0.25) is 0 Å². The zero-order chi connectivity index (χ0) is 15.8. The number of benzene rings is 1. The molecule has 0 fully saturated rings. The molecule has 1 heterocycles. The Balaban J connectivity index is 2.85. The van der Waals surface area contributed by atoms with E-state index in [2.05, 4.69) is 25.7 Å². The maximum absolute atomic E-state index is 13.0. The second-order valence-corrected chi connectivity index (χ2v) is 4.95. The lowest BCUT2D eigenvalue weighted by Crippen LogP contribution is -2.21. The van der Waals surface area contributed by atoms with Gasteiger partial charge in [0, 0.05) is 10.7 Å². The third-order valence-corrected chi connectivity index (χ3v) is 3.45. The average molecular weight is 364 g/mol. The molecule has 0 spiro atoms. The number of H-pyrrole nitrogens is 1. The summed E-state index contributed by atoms with van der Waals surface area (Å²) in [6.45, 7) is 1.55. The summed E-state index contributed by atoms with van der Waals surface area (Å²) in [5.41, 5.74) is -2.61. The summed E-state index contributed by atoms with van der Waals surface area (Å²) in [5.74, 6) is -0.964. The Labute approximate surface area is 125 Å². The molecule has 1 aromatic heterocycles. The van der Waals surface area contributed by atoms with Gasteiger partial charge in [0.2, 0.25) is 5.43 Å². The van der Waals surface area contributed by atoms with Crippen molar-refractivity contribution in [2.75, 3.05) is 6.61 Å². The molecule has 0 radical (unpaired) electrons. The van der Waals surface area contributed by atoms with E-state index in [4.69, 9.17) is 0 Å². The molecule has 0 unspecified atom stereocenters. The van der Waals surface area contributed by atoms with Gasteiger partial charge in [0.05, 0.1) is 23.1 Å². The summed E-state index contributed by atoms with van der Waals surface area (Å²) in [6.07, 6.45) is -3.66. The van der Waals surface area contributed by atoms with Crippen LogP contribution in [0.3, 0.4) is 0 Å². The molecule has 0 saturated heterocycles. The predicted molar refractivity (Wildman–Crippen MR) is 73.2 cm³/mol. The third-order valence-electron chi connectivity index (χ3n) is 2.79. The minimum atomic E-state index is -4.71. The molecule has 0 aliphatic heterocycles. The quantitative estimate of drug-likeness (QED) is 0.830. The van der Waals surface area contributed by atoms with Gasteiger partial charge in [-0.3, -0.25) is 4.79 Å². The van der Waals surface area contributed by atoms with E-state index in [9.17, 15) is 22.8 Å². The zero-order valence-electron chi connectivity index (χ0n) is 10.7. The van der Waals surface area contributed by atoms with Crippen molar-refractivity contribution in [2.45, 2.75) is 13.1 Å². The Morgan fingerprint density at radius 1 is 1.38 bits per heavy atom. The summed E-state index contributed by atoms with van der Waals surface area (Å²) < 4.78 is 44.0. The topological polar surface area (TPSA) is 59.2 Å². The standard InChI is InChI=1S/C13H9BrF3NO3/c1-2-21-12(20)6-5-18-10-8(14)4-3-7(13(15,16)17)9(10)11(6)19/h3-5H,2H2,1H3,(H,18,19). The Bertz CT molecular complexity index is 768. The second kappa shape index (κ2) is 5.51. The lowest BCUT2D eigenvalue weighted by atomic mass is 10.1. The Morgan fingerprint density at radius 2 is 2.05 bits per heavy atom. The minimum absolute atomic E-state index is 0.0148. The summed E-state index contributed by atoms with van der Waals surface area (Å²) in [5, 5.41) is -0.595. The summed E-state index contributed by atoms with van der Waals surface area (Å²) in [7, 11) is 0. The van der Waals surface area contributed by atoms with Gasteiger partial charge in [-0.2, -0.15) is 13.2 Å². The van der Waals surface area contributed by atoms with Crippen LogP contribution in [0, 0.1) is 0 Å². The van der Waals surface area contributed by atoms with Gasteiger partial charge in [-0.25, -0.2) is 4.79 Å². The summed E-state index contributed by atoms with van der Waals surface area (Å²) in [6, 6.07) is 1.97. The van der Waals surface area contributed by atoms with Crippen molar-refractivity contribution in [1.82, 2.24) is 4.98 Å². The van der Waals surface area contributed by atoms with Gasteiger partial charge in [-0.15, -0.1) is 0 Å². The van der Waals surface area contributed by atoms with Crippen molar-refractivity contribution in [3.05, 3.63) is 44.2 Å². The first-order chi connectivity index (χ1) is 9.77. The number of halogens is 4. The van der Waals surface area contributed by atoms with Gasteiger partial charge in [0.15, 0.2) is 0 Å². The van der Waals surface area contributed by atoms with Crippen molar-refractivity contribution in [1.29, 1.82) is 0 Å². The molecule has 4 nitrogen and oxygen atoms in total.